The van der Waals surface area contributed by atoms with Gasteiger partial charge < -0.3 is 0 Å². The highest BCUT2D eigenvalue weighted by atomic mass is 32.2. The van der Waals surface area contributed by atoms with E-state index in [2.05, 4.69) is 45.6 Å². The van der Waals surface area contributed by atoms with E-state index in [0.717, 1.165) is 27.9 Å². The smallest absolute Gasteiger partial charge is 0.240 e. The first kappa shape index (κ1) is 16.7. The molecule has 5 nitrogen and oxygen atoms in total. The quantitative estimate of drug-likeness (QED) is 0.660. The van der Waals surface area contributed by atoms with Crippen molar-refractivity contribution in [3.05, 3.63) is 66.0 Å². The Hall–Kier alpha value is -2.73. The van der Waals surface area contributed by atoms with Crippen molar-refractivity contribution in [2.45, 2.75) is 24.3 Å². The summed E-state index contributed by atoms with van der Waals surface area (Å²) < 4.78 is 0. The van der Waals surface area contributed by atoms with Gasteiger partial charge in [-0.15, -0.1) is 11.8 Å². The first-order valence-electron chi connectivity index (χ1n) is 8.38. The number of nitrogens with zero attached hydrogens (tertiary/aromatic N) is 4. The number of amides is 1. The van der Waals surface area contributed by atoms with Gasteiger partial charge in [0.2, 0.25) is 5.91 Å². The lowest BCUT2D eigenvalue weighted by Crippen LogP contribution is -2.24. The zero-order valence-corrected chi connectivity index (χ0v) is 15.4. The van der Waals surface area contributed by atoms with Crippen molar-refractivity contribution in [2.75, 3.05) is 6.26 Å². The summed E-state index contributed by atoms with van der Waals surface area (Å²) in [5.74, 6) is -0.0648. The van der Waals surface area contributed by atoms with Crippen LogP contribution in [0, 0.1) is 0 Å². The van der Waals surface area contributed by atoms with Crippen molar-refractivity contribution in [3.63, 3.8) is 0 Å². The number of aromatic nitrogens is 2. The Morgan fingerprint density at radius 3 is 2.50 bits per heavy atom. The van der Waals surface area contributed by atoms with Gasteiger partial charge in [-0.1, -0.05) is 18.2 Å². The van der Waals surface area contributed by atoms with Crippen LogP contribution >= 0.6 is 11.8 Å². The predicted molar refractivity (Wildman–Crippen MR) is 104 cm³/mol. The molecule has 3 aromatic rings. The second-order valence-corrected chi connectivity index (χ2v) is 7.04. The number of carbonyl (C=O) groups is 1. The fraction of sp³-hybridized carbons (Fsp3) is 0.200. The second-order valence-electron chi connectivity index (χ2n) is 6.16. The molecular formula is C20H18N4OS. The van der Waals surface area contributed by atoms with Gasteiger partial charge >= 0.3 is 0 Å². The minimum Gasteiger partial charge on any atom is -0.273 e. The number of hydrogen-bond donors (Lipinski definition) is 0. The molecule has 0 spiro atoms. The van der Waals surface area contributed by atoms with Crippen LogP contribution in [0.4, 0.5) is 0 Å². The van der Waals surface area contributed by atoms with Crippen LogP contribution in [-0.2, 0) is 4.79 Å². The zero-order chi connectivity index (χ0) is 18.1. The summed E-state index contributed by atoms with van der Waals surface area (Å²) in [6.07, 6.45) is 6.10. The van der Waals surface area contributed by atoms with Crippen molar-refractivity contribution in [2.24, 2.45) is 5.10 Å². The third-order valence-corrected chi connectivity index (χ3v) is 5.28. The van der Waals surface area contributed by atoms with E-state index in [9.17, 15) is 4.79 Å². The Kier molecular flexibility index (Phi) is 4.42. The van der Waals surface area contributed by atoms with Gasteiger partial charge in [0.25, 0.3) is 0 Å². The molecule has 1 aliphatic heterocycles. The standard InChI is InChI=1S/C20H18N4OS/c1-13(25)24-20(15-5-8-17-19(11-15)22-10-9-21-17)12-18(23-24)14-3-6-16(26-2)7-4-14/h3-11,20H,12H2,1-2H3/t20-/m1/s1. The van der Waals surface area contributed by atoms with Gasteiger partial charge in [0.15, 0.2) is 0 Å². The number of thioether (sulfide) groups is 1. The third-order valence-electron chi connectivity index (χ3n) is 4.53. The van der Waals surface area contributed by atoms with Crippen LogP contribution < -0.4 is 0 Å². The summed E-state index contributed by atoms with van der Waals surface area (Å²) in [5.41, 5.74) is 4.67. The molecule has 0 radical (unpaired) electrons. The van der Waals surface area contributed by atoms with Gasteiger partial charge in [-0.25, -0.2) is 5.01 Å². The Morgan fingerprint density at radius 2 is 1.81 bits per heavy atom. The molecule has 26 heavy (non-hydrogen) atoms. The van der Waals surface area contributed by atoms with E-state index in [-0.39, 0.29) is 11.9 Å². The summed E-state index contributed by atoms with van der Waals surface area (Å²) in [6, 6.07) is 14.1. The maximum Gasteiger partial charge on any atom is 0.240 e. The fourth-order valence-electron chi connectivity index (χ4n) is 3.21. The number of carbonyl (C=O) groups excluding carboxylic acids is 1. The topological polar surface area (TPSA) is 58.5 Å². The van der Waals surface area contributed by atoms with Crippen molar-refractivity contribution in [3.8, 4) is 0 Å². The first-order valence-corrected chi connectivity index (χ1v) is 9.60. The van der Waals surface area contributed by atoms with Crippen LogP contribution in [-0.4, -0.2) is 32.9 Å². The molecule has 0 fully saturated rings. The molecule has 0 N–H and O–H groups in total. The number of fused-ring (bicyclic) bond motifs is 1. The van der Waals surface area contributed by atoms with Gasteiger partial charge in [0, 0.05) is 30.6 Å². The molecule has 4 rings (SSSR count). The average molecular weight is 362 g/mol. The van der Waals surface area contributed by atoms with E-state index in [4.69, 9.17) is 0 Å². The number of hydrogen-bond acceptors (Lipinski definition) is 5. The van der Waals surface area contributed by atoms with Crippen LogP contribution in [0.15, 0.2) is 64.9 Å². The zero-order valence-electron chi connectivity index (χ0n) is 14.6. The molecule has 1 aromatic heterocycles. The molecule has 130 valence electrons. The molecule has 6 heteroatoms. The largest absolute Gasteiger partial charge is 0.273 e. The molecule has 0 saturated heterocycles. The third kappa shape index (κ3) is 3.08. The van der Waals surface area contributed by atoms with Crippen molar-refractivity contribution in [1.82, 2.24) is 15.0 Å². The average Bonchev–Trinajstić information content (AvgIpc) is 3.13. The maximum atomic E-state index is 12.2. The molecular weight excluding hydrogens is 344 g/mol. The van der Waals surface area contributed by atoms with Crippen LogP contribution in [0.5, 0.6) is 0 Å². The Bertz CT molecular complexity index is 1000. The number of benzene rings is 2. The summed E-state index contributed by atoms with van der Waals surface area (Å²) in [7, 11) is 0. The molecule has 1 atom stereocenters. The summed E-state index contributed by atoms with van der Waals surface area (Å²) in [4.78, 5) is 22.0. The van der Waals surface area contributed by atoms with E-state index in [1.54, 1.807) is 36.1 Å². The van der Waals surface area contributed by atoms with Crippen molar-refractivity contribution < 1.29 is 4.79 Å². The van der Waals surface area contributed by atoms with Gasteiger partial charge in [0.05, 0.1) is 22.8 Å². The van der Waals surface area contributed by atoms with Crippen molar-refractivity contribution in [1.29, 1.82) is 0 Å². The lowest BCUT2D eigenvalue weighted by atomic mass is 9.98. The fourth-order valence-corrected chi connectivity index (χ4v) is 3.61. The number of rotatable bonds is 3. The minimum atomic E-state index is -0.117. The van der Waals surface area contributed by atoms with Crippen LogP contribution in [0.25, 0.3) is 11.0 Å². The highest BCUT2D eigenvalue weighted by Gasteiger charge is 2.31. The van der Waals surface area contributed by atoms with E-state index >= 15 is 0 Å². The number of hydrazone groups is 1. The molecule has 1 amide bonds. The Balaban J connectivity index is 1.68. The first-order chi connectivity index (χ1) is 12.7. The summed E-state index contributed by atoms with van der Waals surface area (Å²) in [5, 5.41) is 6.19. The van der Waals surface area contributed by atoms with Gasteiger partial charge in [0.1, 0.15) is 0 Å². The van der Waals surface area contributed by atoms with E-state index in [1.165, 1.54) is 4.90 Å². The Labute approximate surface area is 156 Å². The summed E-state index contributed by atoms with van der Waals surface area (Å²) >= 11 is 1.71. The molecule has 0 bridgehead atoms. The molecule has 2 heterocycles. The van der Waals surface area contributed by atoms with E-state index < -0.39 is 0 Å². The van der Waals surface area contributed by atoms with Crippen LogP contribution in [0.2, 0.25) is 0 Å². The minimum absolute atomic E-state index is 0.0648. The molecule has 0 saturated carbocycles. The molecule has 2 aromatic carbocycles. The molecule has 1 aliphatic rings. The van der Waals surface area contributed by atoms with E-state index in [0.29, 0.717) is 6.42 Å². The van der Waals surface area contributed by atoms with Crippen molar-refractivity contribution >= 4 is 34.4 Å². The lowest BCUT2D eigenvalue weighted by molar-refractivity contribution is -0.130. The molecule has 0 aliphatic carbocycles. The summed E-state index contributed by atoms with van der Waals surface area (Å²) in [6.45, 7) is 1.55. The predicted octanol–water partition coefficient (Wildman–Crippen LogP) is 4.05. The van der Waals surface area contributed by atoms with Crippen LogP contribution in [0.1, 0.15) is 30.5 Å². The monoisotopic (exact) mass is 362 g/mol. The van der Waals surface area contributed by atoms with Gasteiger partial charge in [-0.2, -0.15) is 5.10 Å². The highest BCUT2D eigenvalue weighted by molar-refractivity contribution is 7.98. The van der Waals surface area contributed by atoms with E-state index in [1.807, 2.05) is 18.2 Å². The SMILES string of the molecule is CSc1ccc(C2=NN(C(C)=O)[C@@H](c3ccc4nccnc4c3)C2)cc1. The lowest BCUT2D eigenvalue weighted by Gasteiger charge is -2.20. The normalized spacial score (nSPS) is 16.8. The Morgan fingerprint density at radius 1 is 1.08 bits per heavy atom. The van der Waals surface area contributed by atoms with Gasteiger partial charge in [-0.3, -0.25) is 14.8 Å². The van der Waals surface area contributed by atoms with Crippen LogP contribution in [0.3, 0.4) is 0 Å². The highest BCUT2D eigenvalue weighted by Crippen LogP contribution is 2.34. The maximum absolute atomic E-state index is 12.2. The van der Waals surface area contributed by atoms with Gasteiger partial charge in [-0.05, 0) is 41.6 Å². The second kappa shape index (κ2) is 6.88. The molecule has 0 unspecified atom stereocenters.